The molecule has 0 unspecified atom stereocenters. The maximum atomic E-state index is 13.1. The Morgan fingerprint density at radius 2 is 0.685 bits per heavy atom. The molecule has 0 saturated carbocycles. The van der Waals surface area contributed by atoms with Crippen LogP contribution < -0.4 is 10.6 Å². The van der Waals surface area contributed by atoms with Crippen molar-refractivity contribution in [1.82, 2.24) is 19.6 Å². The summed E-state index contributed by atoms with van der Waals surface area (Å²) in [5, 5.41) is 6.66. The van der Waals surface area contributed by atoms with Crippen LogP contribution in [0.25, 0.3) is 0 Å². The number of carbonyl (C=O) groups excluding carboxylic acids is 4. The number of ether oxygens (including phenoxy) is 4. The van der Waals surface area contributed by atoms with Crippen molar-refractivity contribution in [3.05, 3.63) is 59.7 Å². The molecule has 0 spiro atoms. The van der Waals surface area contributed by atoms with Crippen LogP contribution in [0.2, 0.25) is 0 Å². The lowest BCUT2D eigenvalue weighted by Crippen LogP contribution is -2.51. The van der Waals surface area contributed by atoms with Crippen molar-refractivity contribution in [1.29, 1.82) is 0 Å². The zero-order valence-electron chi connectivity index (χ0n) is 34.1. The molecule has 2 aliphatic rings. The largest absolute Gasteiger partial charge is 0.444 e. The maximum Gasteiger partial charge on any atom is 0.413 e. The number of anilines is 2. The average molecular weight is 753 g/mol. The molecule has 14 nitrogen and oxygen atoms in total. The summed E-state index contributed by atoms with van der Waals surface area (Å²) in [6.07, 6.45) is -2.12. The Kier molecular flexibility index (Phi) is 12.6. The summed E-state index contributed by atoms with van der Waals surface area (Å²) in [4.78, 5) is 58.4. The first-order valence-electron chi connectivity index (χ1n) is 18.6. The van der Waals surface area contributed by atoms with Crippen LogP contribution in [-0.4, -0.2) is 105 Å². The molecule has 54 heavy (non-hydrogen) atoms. The molecule has 0 aliphatic carbocycles. The van der Waals surface area contributed by atoms with E-state index >= 15 is 0 Å². The van der Waals surface area contributed by atoms with Gasteiger partial charge < -0.3 is 29.6 Å². The van der Waals surface area contributed by atoms with Gasteiger partial charge in [0.25, 0.3) is 0 Å². The van der Waals surface area contributed by atoms with Crippen LogP contribution >= 0.6 is 0 Å². The van der Waals surface area contributed by atoms with E-state index < -0.39 is 59.4 Å². The van der Waals surface area contributed by atoms with Gasteiger partial charge >= 0.3 is 24.4 Å². The molecule has 4 rings (SSSR count). The van der Waals surface area contributed by atoms with Gasteiger partial charge in [0, 0.05) is 37.6 Å². The van der Waals surface area contributed by atoms with Gasteiger partial charge in [-0.3, -0.25) is 19.6 Å². The van der Waals surface area contributed by atoms with Crippen LogP contribution in [0.3, 0.4) is 0 Å². The molecule has 14 heteroatoms. The minimum Gasteiger partial charge on any atom is -0.444 e. The van der Waals surface area contributed by atoms with Crippen molar-refractivity contribution >= 4 is 35.7 Å². The molecule has 0 atom stereocenters. The van der Waals surface area contributed by atoms with Crippen LogP contribution in [0, 0.1) is 0 Å². The van der Waals surface area contributed by atoms with E-state index in [2.05, 4.69) is 10.6 Å². The molecule has 4 amide bonds. The van der Waals surface area contributed by atoms with E-state index in [1.54, 1.807) is 83.1 Å². The molecule has 2 N–H and O–H groups in total. The SMILES string of the molecule is CC(C)(C)OC(=O)N1CCN(C(=O)OC(C)(C)C)C1Nc1ccc(CCc2ccc(NC3N(C(=O)OC(C)(C)C)CCN3C(=O)OC(C)(C)C)cc2)cc1. The fraction of sp³-hybridized carbons (Fsp3) is 0.600. The van der Waals surface area contributed by atoms with E-state index in [0.29, 0.717) is 26.2 Å². The lowest BCUT2D eigenvalue weighted by molar-refractivity contribution is 0.00283. The number of nitrogens with zero attached hydrogens (tertiary/aromatic N) is 4. The maximum absolute atomic E-state index is 13.1. The monoisotopic (exact) mass is 752 g/mol. The lowest BCUT2D eigenvalue weighted by atomic mass is 10.0. The van der Waals surface area contributed by atoms with Gasteiger partial charge in [0.2, 0.25) is 0 Å². The molecule has 2 aromatic rings. The fourth-order valence-electron chi connectivity index (χ4n) is 5.74. The van der Waals surface area contributed by atoms with Crippen molar-refractivity contribution < 1.29 is 38.1 Å². The number of aryl methyl sites for hydroxylation is 2. The molecular formula is C40H60N6O8. The van der Waals surface area contributed by atoms with Crippen molar-refractivity contribution in [3.63, 3.8) is 0 Å². The zero-order chi connectivity index (χ0) is 40.2. The second-order valence-corrected chi connectivity index (χ2v) is 17.6. The molecule has 0 aromatic heterocycles. The number of rotatable bonds is 7. The van der Waals surface area contributed by atoms with E-state index in [9.17, 15) is 19.2 Å². The van der Waals surface area contributed by atoms with Gasteiger partial charge in [0.05, 0.1) is 0 Å². The van der Waals surface area contributed by atoms with Crippen molar-refractivity contribution in [2.75, 3.05) is 36.8 Å². The molecule has 0 radical (unpaired) electrons. The van der Waals surface area contributed by atoms with E-state index in [-0.39, 0.29) is 0 Å². The topological polar surface area (TPSA) is 142 Å². The highest BCUT2D eigenvalue weighted by atomic mass is 16.6. The minimum absolute atomic E-state index is 0.295. The second kappa shape index (κ2) is 16.2. The molecular weight excluding hydrogens is 692 g/mol. The third-order valence-electron chi connectivity index (χ3n) is 8.06. The van der Waals surface area contributed by atoms with E-state index in [1.165, 1.54) is 19.6 Å². The van der Waals surface area contributed by atoms with E-state index in [0.717, 1.165) is 35.3 Å². The predicted molar refractivity (Wildman–Crippen MR) is 207 cm³/mol. The zero-order valence-corrected chi connectivity index (χ0v) is 34.1. The minimum atomic E-state index is -0.788. The van der Waals surface area contributed by atoms with Gasteiger partial charge in [0.1, 0.15) is 22.4 Å². The molecule has 2 aromatic carbocycles. The van der Waals surface area contributed by atoms with Gasteiger partial charge in [0.15, 0.2) is 12.6 Å². The van der Waals surface area contributed by atoms with Gasteiger partial charge in [-0.15, -0.1) is 0 Å². The number of carbonyl (C=O) groups is 4. The molecule has 0 bridgehead atoms. The van der Waals surface area contributed by atoms with Gasteiger partial charge in [-0.1, -0.05) is 24.3 Å². The van der Waals surface area contributed by atoms with Gasteiger partial charge in [-0.2, -0.15) is 0 Å². The molecule has 298 valence electrons. The molecule has 2 aliphatic heterocycles. The van der Waals surface area contributed by atoms with Crippen LogP contribution in [0.1, 0.15) is 94.2 Å². The molecule has 2 fully saturated rings. The van der Waals surface area contributed by atoms with Crippen LogP contribution in [-0.2, 0) is 31.8 Å². The summed E-state index contributed by atoms with van der Waals surface area (Å²) in [6, 6.07) is 15.8. The number of amides is 4. The first-order valence-corrected chi connectivity index (χ1v) is 18.6. The van der Waals surface area contributed by atoms with E-state index in [4.69, 9.17) is 18.9 Å². The summed E-state index contributed by atoms with van der Waals surface area (Å²) in [5.41, 5.74) is 0.904. The Hall–Kier alpha value is -4.88. The Balaban J connectivity index is 1.40. The lowest BCUT2D eigenvalue weighted by Gasteiger charge is -2.33. The fourth-order valence-corrected chi connectivity index (χ4v) is 5.74. The number of benzene rings is 2. The summed E-state index contributed by atoms with van der Waals surface area (Å²) < 4.78 is 22.5. The van der Waals surface area contributed by atoms with Crippen LogP contribution in [0.5, 0.6) is 0 Å². The average Bonchev–Trinajstić information content (AvgIpc) is 3.63. The third-order valence-corrected chi connectivity index (χ3v) is 8.06. The highest BCUT2D eigenvalue weighted by Gasteiger charge is 2.43. The van der Waals surface area contributed by atoms with Crippen LogP contribution in [0.15, 0.2) is 48.5 Å². The number of nitrogens with one attached hydrogen (secondary N) is 2. The Labute approximate surface area is 320 Å². The summed E-state index contributed by atoms with van der Waals surface area (Å²) >= 11 is 0. The molecule has 2 heterocycles. The normalized spacial score (nSPS) is 16.0. The summed E-state index contributed by atoms with van der Waals surface area (Å²) in [7, 11) is 0. The number of hydrogen-bond donors (Lipinski definition) is 2. The molecule has 2 saturated heterocycles. The highest BCUT2D eigenvalue weighted by Crippen LogP contribution is 2.26. The Morgan fingerprint density at radius 1 is 0.463 bits per heavy atom. The Morgan fingerprint density at radius 3 is 0.889 bits per heavy atom. The quantitative estimate of drug-likeness (QED) is 0.269. The van der Waals surface area contributed by atoms with Crippen molar-refractivity contribution in [2.24, 2.45) is 0 Å². The standard InChI is InChI=1S/C40H60N6O8/c1-37(2,3)51-33(47)43-23-24-44(34(48)52-38(4,5)6)31(43)41-29-19-15-27(16-20-29)13-14-28-17-21-30(22-18-28)42-32-45(35(49)53-39(7,8)9)25-26-46(32)36(50)54-40(10,11)12/h15-22,31-32,41-42H,13-14,23-26H2,1-12H3. The Bertz CT molecular complexity index is 1430. The first kappa shape index (κ1) is 41.9. The summed E-state index contributed by atoms with van der Waals surface area (Å²) in [5.74, 6) is 0. The van der Waals surface area contributed by atoms with Crippen molar-refractivity contribution in [3.8, 4) is 0 Å². The van der Waals surface area contributed by atoms with Gasteiger partial charge in [-0.05, 0) is 131 Å². The highest BCUT2D eigenvalue weighted by molar-refractivity contribution is 5.75. The third kappa shape index (κ3) is 12.3. The first-order chi connectivity index (χ1) is 24.9. The summed E-state index contributed by atoms with van der Waals surface area (Å²) in [6.45, 7) is 22.8. The van der Waals surface area contributed by atoms with Crippen molar-refractivity contribution in [2.45, 2.75) is 131 Å². The second-order valence-electron chi connectivity index (χ2n) is 17.6. The smallest absolute Gasteiger partial charge is 0.413 e. The van der Waals surface area contributed by atoms with E-state index in [1.807, 2.05) is 48.5 Å². The van der Waals surface area contributed by atoms with Gasteiger partial charge in [-0.25, -0.2) is 19.2 Å². The number of hydrogen-bond acceptors (Lipinski definition) is 10. The predicted octanol–water partition coefficient (Wildman–Crippen LogP) is 7.84. The van der Waals surface area contributed by atoms with Crippen LogP contribution in [0.4, 0.5) is 30.6 Å².